The molecule has 4 heteroatoms. The molecule has 0 unspecified atom stereocenters. The van der Waals surface area contributed by atoms with Gasteiger partial charge in [0.1, 0.15) is 0 Å². The number of hydrogen-bond acceptors (Lipinski definition) is 3. The van der Waals surface area contributed by atoms with E-state index < -0.39 is 12.1 Å². The Morgan fingerprint density at radius 2 is 2.21 bits per heavy atom. The van der Waals surface area contributed by atoms with Gasteiger partial charge in [-0.1, -0.05) is 0 Å². The van der Waals surface area contributed by atoms with Crippen LogP contribution in [0.4, 0.5) is 0 Å². The summed E-state index contributed by atoms with van der Waals surface area (Å²) >= 11 is 0. The van der Waals surface area contributed by atoms with E-state index in [0.29, 0.717) is 13.0 Å². The van der Waals surface area contributed by atoms with E-state index in [-0.39, 0.29) is 0 Å². The number of nitrogens with zero attached hydrogens (tertiary/aromatic N) is 1. The van der Waals surface area contributed by atoms with Crippen molar-refractivity contribution >= 4 is 5.97 Å². The summed E-state index contributed by atoms with van der Waals surface area (Å²) in [4.78, 5) is 14.3. The Kier molecular flexibility index (Phi) is 4.07. The maximum absolute atomic E-state index is 10.4. The number of carboxylic acids is 1. The molecule has 1 aromatic heterocycles. The Morgan fingerprint density at radius 1 is 1.57 bits per heavy atom. The molecular weight excluding hydrogens is 182 g/mol. The summed E-state index contributed by atoms with van der Waals surface area (Å²) in [7, 11) is 0. The lowest BCUT2D eigenvalue weighted by Gasteiger charge is -2.07. The minimum atomic E-state index is -0.931. The molecule has 1 aromatic rings. The topological polar surface area (TPSA) is 59.4 Å². The van der Waals surface area contributed by atoms with E-state index in [4.69, 9.17) is 9.84 Å². The molecule has 0 aromatic carbocycles. The molecule has 4 nitrogen and oxygen atoms in total. The van der Waals surface area contributed by atoms with Crippen molar-refractivity contribution in [3.63, 3.8) is 0 Å². The Morgan fingerprint density at radius 3 is 2.79 bits per heavy atom. The standard InChI is InChI=1S/C10H13NO3/c1-8(10(12)13)14-7-4-9-2-5-11-6-3-9/h2-3,5-6,8H,4,7H2,1H3,(H,12,13)/t8-/m1/s1. The van der Waals surface area contributed by atoms with Gasteiger partial charge in [-0.2, -0.15) is 0 Å². The van der Waals surface area contributed by atoms with E-state index in [9.17, 15) is 4.79 Å². The summed E-state index contributed by atoms with van der Waals surface area (Å²) in [5.41, 5.74) is 1.09. The lowest BCUT2D eigenvalue weighted by Crippen LogP contribution is -2.20. The Labute approximate surface area is 82.5 Å². The van der Waals surface area contributed by atoms with Crippen LogP contribution in [0, 0.1) is 0 Å². The van der Waals surface area contributed by atoms with Crippen LogP contribution in [0.1, 0.15) is 12.5 Å². The van der Waals surface area contributed by atoms with Crippen LogP contribution in [0.25, 0.3) is 0 Å². The van der Waals surface area contributed by atoms with Crippen LogP contribution in [-0.4, -0.2) is 28.8 Å². The smallest absolute Gasteiger partial charge is 0.332 e. The number of pyridine rings is 1. The molecule has 0 amide bonds. The Bertz CT molecular complexity index is 287. The first-order chi connectivity index (χ1) is 6.70. The molecule has 76 valence electrons. The van der Waals surface area contributed by atoms with Gasteiger partial charge in [0.15, 0.2) is 6.10 Å². The summed E-state index contributed by atoms with van der Waals surface area (Å²) in [6.45, 7) is 1.94. The van der Waals surface area contributed by atoms with E-state index in [0.717, 1.165) is 5.56 Å². The van der Waals surface area contributed by atoms with Crippen molar-refractivity contribution in [3.8, 4) is 0 Å². The van der Waals surface area contributed by atoms with Gasteiger partial charge in [0.05, 0.1) is 6.61 Å². The summed E-state index contributed by atoms with van der Waals surface area (Å²) < 4.78 is 5.09. The lowest BCUT2D eigenvalue weighted by atomic mass is 10.2. The second-order valence-corrected chi connectivity index (χ2v) is 2.96. The van der Waals surface area contributed by atoms with Crippen molar-refractivity contribution in [1.29, 1.82) is 0 Å². The fourth-order valence-electron chi connectivity index (χ4n) is 0.974. The van der Waals surface area contributed by atoms with Gasteiger partial charge >= 0.3 is 5.97 Å². The zero-order chi connectivity index (χ0) is 10.4. The zero-order valence-corrected chi connectivity index (χ0v) is 8.01. The van der Waals surface area contributed by atoms with Crippen molar-refractivity contribution in [2.24, 2.45) is 0 Å². The fraction of sp³-hybridized carbons (Fsp3) is 0.400. The van der Waals surface area contributed by atoms with Crippen LogP contribution in [0.5, 0.6) is 0 Å². The van der Waals surface area contributed by atoms with E-state index in [2.05, 4.69) is 4.98 Å². The minimum absolute atomic E-state index is 0.414. The number of hydrogen-bond donors (Lipinski definition) is 1. The summed E-state index contributed by atoms with van der Waals surface area (Å²) in [5, 5.41) is 8.54. The molecule has 0 saturated carbocycles. The van der Waals surface area contributed by atoms with Crippen molar-refractivity contribution in [2.75, 3.05) is 6.61 Å². The molecule has 0 aliphatic carbocycles. The molecule has 1 N–H and O–H groups in total. The van der Waals surface area contributed by atoms with Gasteiger partial charge in [-0.25, -0.2) is 4.79 Å². The van der Waals surface area contributed by atoms with Crippen molar-refractivity contribution in [2.45, 2.75) is 19.4 Å². The van der Waals surface area contributed by atoms with E-state index in [1.807, 2.05) is 12.1 Å². The van der Waals surface area contributed by atoms with Crippen LogP contribution >= 0.6 is 0 Å². The van der Waals surface area contributed by atoms with E-state index >= 15 is 0 Å². The zero-order valence-electron chi connectivity index (χ0n) is 8.01. The third kappa shape index (κ3) is 3.53. The lowest BCUT2D eigenvalue weighted by molar-refractivity contribution is -0.149. The van der Waals surface area contributed by atoms with E-state index in [1.165, 1.54) is 6.92 Å². The number of carboxylic acid groups (broad SMARTS) is 1. The average Bonchev–Trinajstić information content (AvgIpc) is 2.19. The average molecular weight is 195 g/mol. The van der Waals surface area contributed by atoms with Crippen LogP contribution in [0.2, 0.25) is 0 Å². The highest BCUT2D eigenvalue weighted by Crippen LogP contribution is 1.99. The van der Waals surface area contributed by atoms with Crippen LogP contribution in [0.15, 0.2) is 24.5 Å². The Hall–Kier alpha value is -1.42. The first kappa shape index (κ1) is 10.7. The molecule has 0 radical (unpaired) electrons. The number of rotatable bonds is 5. The molecule has 0 fully saturated rings. The highest BCUT2D eigenvalue weighted by atomic mass is 16.5. The second kappa shape index (κ2) is 5.34. The van der Waals surface area contributed by atoms with Gasteiger partial charge < -0.3 is 9.84 Å². The summed E-state index contributed by atoms with van der Waals surface area (Å²) in [5.74, 6) is -0.931. The van der Waals surface area contributed by atoms with Gasteiger partial charge in [-0.15, -0.1) is 0 Å². The molecule has 0 bridgehead atoms. The van der Waals surface area contributed by atoms with Crippen LogP contribution < -0.4 is 0 Å². The molecule has 14 heavy (non-hydrogen) atoms. The number of ether oxygens (including phenoxy) is 1. The van der Waals surface area contributed by atoms with Crippen molar-refractivity contribution < 1.29 is 14.6 Å². The monoisotopic (exact) mass is 195 g/mol. The normalized spacial score (nSPS) is 12.4. The molecule has 1 rings (SSSR count). The van der Waals surface area contributed by atoms with Crippen molar-refractivity contribution in [1.82, 2.24) is 4.98 Å². The quantitative estimate of drug-likeness (QED) is 0.764. The first-order valence-electron chi connectivity index (χ1n) is 4.43. The fourth-order valence-corrected chi connectivity index (χ4v) is 0.974. The summed E-state index contributed by atoms with van der Waals surface area (Å²) in [6.07, 6.45) is 3.38. The third-order valence-electron chi connectivity index (χ3n) is 1.86. The van der Waals surface area contributed by atoms with Crippen molar-refractivity contribution in [3.05, 3.63) is 30.1 Å². The maximum Gasteiger partial charge on any atom is 0.332 e. The number of aliphatic carboxylic acids is 1. The van der Waals surface area contributed by atoms with Gasteiger partial charge in [0.25, 0.3) is 0 Å². The Balaban J connectivity index is 2.26. The van der Waals surface area contributed by atoms with Gasteiger partial charge in [-0.3, -0.25) is 4.98 Å². The molecule has 0 spiro atoms. The highest BCUT2D eigenvalue weighted by molar-refractivity contribution is 5.71. The van der Waals surface area contributed by atoms with Gasteiger partial charge in [0.2, 0.25) is 0 Å². The number of carbonyl (C=O) groups is 1. The van der Waals surface area contributed by atoms with E-state index in [1.54, 1.807) is 12.4 Å². The molecule has 1 heterocycles. The minimum Gasteiger partial charge on any atom is -0.479 e. The van der Waals surface area contributed by atoms with Crippen LogP contribution in [-0.2, 0) is 16.0 Å². The van der Waals surface area contributed by atoms with Crippen LogP contribution in [0.3, 0.4) is 0 Å². The predicted molar refractivity (Wildman–Crippen MR) is 51.0 cm³/mol. The molecule has 0 saturated heterocycles. The SMILES string of the molecule is C[C@@H](OCCc1ccncc1)C(=O)O. The van der Waals surface area contributed by atoms with Gasteiger partial charge in [-0.05, 0) is 31.0 Å². The third-order valence-corrected chi connectivity index (χ3v) is 1.86. The predicted octanol–water partition coefficient (Wildman–Crippen LogP) is 1.11. The molecule has 0 aliphatic heterocycles. The second-order valence-electron chi connectivity index (χ2n) is 2.96. The first-order valence-corrected chi connectivity index (χ1v) is 4.43. The molecular formula is C10H13NO3. The molecule has 0 aliphatic rings. The summed E-state index contributed by atoms with van der Waals surface area (Å²) in [6, 6.07) is 3.77. The largest absolute Gasteiger partial charge is 0.479 e. The van der Waals surface area contributed by atoms with Gasteiger partial charge in [0, 0.05) is 12.4 Å². The maximum atomic E-state index is 10.4. The highest BCUT2D eigenvalue weighted by Gasteiger charge is 2.09. The number of aromatic nitrogens is 1. The molecule has 1 atom stereocenters.